The molecular weight excluding hydrogens is 380 g/mol. The standard InChI is InChI=1S/C21H25F2N3O3/c1-12(27)17-10-24-19-16(26(20(28)29)21(2,3)4)9-8-13(11-25(17)19)14-6-5-7-15(22)18(14)23/h5-7,10,13,16H,8-9,11H2,1-4H3,(H,28,29)/t13-,16-/m1/s1. The van der Waals surface area contributed by atoms with Gasteiger partial charge in [0.25, 0.3) is 0 Å². The molecule has 0 saturated heterocycles. The van der Waals surface area contributed by atoms with Crippen molar-refractivity contribution in [1.29, 1.82) is 0 Å². The van der Waals surface area contributed by atoms with Gasteiger partial charge in [-0.15, -0.1) is 0 Å². The first-order chi connectivity index (χ1) is 13.5. The minimum absolute atomic E-state index is 0.220. The maximum atomic E-state index is 14.5. The lowest BCUT2D eigenvalue weighted by molar-refractivity contribution is 0.0633. The van der Waals surface area contributed by atoms with Crippen molar-refractivity contribution < 1.29 is 23.5 Å². The van der Waals surface area contributed by atoms with Gasteiger partial charge in [0.05, 0.1) is 12.2 Å². The smallest absolute Gasteiger partial charge is 0.408 e. The molecule has 0 spiro atoms. The molecule has 0 fully saturated rings. The van der Waals surface area contributed by atoms with Gasteiger partial charge in [-0.3, -0.25) is 9.69 Å². The monoisotopic (exact) mass is 405 g/mol. The Morgan fingerprint density at radius 2 is 1.93 bits per heavy atom. The summed E-state index contributed by atoms with van der Waals surface area (Å²) in [5.74, 6) is -2.03. The third-order valence-corrected chi connectivity index (χ3v) is 5.40. The van der Waals surface area contributed by atoms with Crippen molar-refractivity contribution in [3.8, 4) is 0 Å². The molecule has 1 N–H and O–H groups in total. The number of benzene rings is 1. The molecule has 0 aliphatic carbocycles. The minimum atomic E-state index is -1.10. The summed E-state index contributed by atoms with van der Waals surface area (Å²) in [4.78, 5) is 29.9. The fourth-order valence-electron chi connectivity index (χ4n) is 4.15. The summed E-state index contributed by atoms with van der Waals surface area (Å²) in [6.07, 6.45) is 1.12. The highest BCUT2D eigenvalue weighted by molar-refractivity contribution is 5.92. The topological polar surface area (TPSA) is 75.4 Å². The van der Waals surface area contributed by atoms with Gasteiger partial charge in [0, 0.05) is 24.9 Å². The maximum absolute atomic E-state index is 14.5. The summed E-state index contributed by atoms with van der Waals surface area (Å²) in [7, 11) is 0. The molecule has 29 heavy (non-hydrogen) atoms. The van der Waals surface area contributed by atoms with E-state index >= 15 is 0 Å². The van der Waals surface area contributed by atoms with Crippen LogP contribution in [0.2, 0.25) is 0 Å². The summed E-state index contributed by atoms with van der Waals surface area (Å²) < 4.78 is 30.0. The number of nitrogens with zero attached hydrogens (tertiary/aromatic N) is 3. The van der Waals surface area contributed by atoms with Crippen LogP contribution in [-0.2, 0) is 6.54 Å². The summed E-state index contributed by atoms with van der Waals surface area (Å²) in [5, 5.41) is 9.87. The molecule has 2 aromatic rings. The molecule has 8 heteroatoms. The Labute approximate surface area is 168 Å². The second kappa shape index (κ2) is 7.57. The highest BCUT2D eigenvalue weighted by Crippen LogP contribution is 2.39. The Bertz CT molecular complexity index is 949. The molecule has 1 amide bonds. The second-order valence-corrected chi connectivity index (χ2v) is 8.42. The van der Waals surface area contributed by atoms with Gasteiger partial charge in [-0.05, 0) is 45.2 Å². The van der Waals surface area contributed by atoms with Crippen LogP contribution >= 0.6 is 0 Å². The number of carboxylic acid groups (broad SMARTS) is 1. The fraction of sp³-hybridized carbons (Fsp3) is 0.476. The van der Waals surface area contributed by atoms with E-state index in [1.807, 2.05) is 0 Å². The molecule has 1 aromatic carbocycles. The predicted octanol–water partition coefficient (Wildman–Crippen LogP) is 4.76. The molecule has 0 unspecified atom stereocenters. The number of carbonyl (C=O) groups is 2. The van der Waals surface area contributed by atoms with Crippen molar-refractivity contribution in [1.82, 2.24) is 14.5 Å². The van der Waals surface area contributed by atoms with E-state index in [1.54, 1.807) is 25.3 Å². The van der Waals surface area contributed by atoms with Crippen LogP contribution in [0.15, 0.2) is 24.4 Å². The van der Waals surface area contributed by atoms with Crippen molar-refractivity contribution in [2.45, 2.75) is 64.6 Å². The Morgan fingerprint density at radius 3 is 2.52 bits per heavy atom. The molecule has 1 aliphatic rings. The number of rotatable bonds is 3. The van der Waals surface area contributed by atoms with Crippen LogP contribution < -0.4 is 0 Å². The lowest BCUT2D eigenvalue weighted by atomic mass is 9.91. The predicted molar refractivity (Wildman–Crippen MR) is 103 cm³/mol. The van der Waals surface area contributed by atoms with Gasteiger partial charge in [0.1, 0.15) is 11.5 Å². The Balaban J connectivity index is 2.13. The number of hydrogen-bond donors (Lipinski definition) is 1. The number of imidazole rings is 1. The van der Waals surface area contributed by atoms with Gasteiger partial charge in [-0.1, -0.05) is 12.1 Å². The van der Waals surface area contributed by atoms with E-state index in [-0.39, 0.29) is 17.9 Å². The summed E-state index contributed by atoms with van der Waals surface area (Å²) in [5.41, 5.74) is -0.168. The first-order valence-corrected chi connectivity index (χ1v) is 9.55. The van der Waals surface area contributed by atoms with Crippen LogP contribution in [0.4, 0.5) is 13.6 Å². The second-order valence-electron chi connectivity index (χ2n) is 8.42. The van der Waals surface area contributed by atoms with Crippen molar-refractivity contribution in [2.24, 2.45) is 0 Å². The maximum Gasteiger partial charge on any atom is 0.408 e. The average Bonchev–Trinajstić information content (AvgIpc) is 2.94. The number of ketones is 1. The van der Waals surface area contributed by atoms with Gasteiger partial charge in [0.15, 0.2) is 17.4 Å². The molecule has 156 valence electrons. The van der Waals surface area contributed by atoms with Gasteiger partial charge in [0.2, 0.25) is 0 Å². The molecule has 1 aliphatic heterocycles. The van der Waals surface area contributed by atoms with Gasteiger partial charge in [-0.25, -0.2) is 18.6 Å². The van der Waals surface area contributed by atoms with E-state index in [9.17, 15) is 23.5 Å². The highest BCUT2D eigenvalue weighted by Gasteiger charge is 2.39. The lowest BCUT2D eigenvalue weighted by Crippen LogP contribution is -2.47. The number of carbonyl (C=O) groups excluding carboxylic acids is 1. The Morgan fingerprint density at radius 1 is 1.24 bits per heavy atom. The van der Waals surface area contributed by atoms with Crippen molar-refractivity contribution in [3.05, 3.63) is 53.1 Å². The molecule has 1 aromatic heterocycles. The van der Waals surface area contributed by atoms with Gasteiger partial charge < -0.3 is 9.67 Å². The number of hydrogen-bond acceptors (Lipinski definition) is 3. The molecular formula is C21H25F2N3O3. The lowest BCUT2D eigenvalue weighted by Gasteiger charge is -2.39. The zero-order chi connectivity index (χ0) is 21.5. The van der Waals surface area contributed by atoms with Crippen LogP contribution in [0.5, 0.6) is 0 Å². The van der Waals surface area contributed by atoms with E-state index in [0.717, 1.165) is 6.07 Å². The minimum Gasteiger partial charge on any atom is -0.465 e. The van der Waals surface area contributed by atoms with Crippen molar-refractivity contribution >= 4 is 11.9 Å². The quantitative estimate of drug-likeness (QED) is 0.747. The molecule has 2 atom stereocenters. The summed E-state index contributed by atoms with van der Waals surface area (Å²) in [6, 6.07) is 3.44. The van der Waals surface area contributed by atoms with Crippen LogP contribution in [0.25, 0.3) is 0 Å². The summed E-state index contributed by atoms with van der Waals surface area (Å²) in [6.45, 7) is 6.98. The number of fused-ring (bicyclic) bond motifs is 1. The van der Waals surface area contributed by atoms with Crippen LogP contribution in [-0.4, -0.2) is 37.0 Å². The molecule has 0 bridgehead atoms. The van der Waals surface area contributed by atoms with Crippen LogP contribution in [0.3, 0.4) is 0 Å². The number of Topliss-reactive ketones (excluding diaryl/α,β-unsaturated/α-hetero) is 1. The third-order valence-electron chi connectivity index (χ3n) is 5.40. The van der Waals surface area contributed by atoms with Gasteiger partial charge in [-0.2, -0.15) is 0 Å². The fourth-order valence-corrected chi connectivity index (χ4v) is 4.15. The SMILES string of the molecule is CC(=O)c1cnc2n1C[C@H](c1cccc(F)c1F)CC[C@H]2N(C(=O)O)C(C)(C)C. The van der Waals surface area contributed by atoms with E-state index in [2.05, 4.69) is 4.98 Å². The molecule has 0 saturated carbocycles. The first-order valence-electron chi connectivity index (χ1n) is 9.55. The average molecular weight is 405 g/mol. The van der Waals surface area contributed by atoms with Crippen LogP contribution in [0, 0.1) is 11.6 Å². The zero-order valence-corrected chi connectivity index (χ0v) is 16.9. The Hall–Kier alpha value is -2.77. The zero-order valence-electron chi connectivity index (χ0n) is 16.9. The highest BCUT2D eigenvalue weighted by atomic mass is 19.2. The van der Waals surface area contributed by atoms with Crippen LogP contribution in [0.1, 0.15) is 74.4 Å². The number of amides is 1. The largest absolute Gasteiger partial charge is 0.465 e. The number of aromatic nitrogens is 2. The van der Waals surface area contributed by atoms with E-state index in [0.29, 0.717) is 24.4 Å². The van der Waals surface area contributed by atoms with E-state index in [4.69, 9.17) is 0 Å². The van der Waals surface area contributed by atoms with Crippen molar-refractivity contribution in [2.75, 3.05) is 0 Å². The first kappa shape index (κ1) is 21.0. The normalized spacial score (nSPS) is 19.4. The van der Waals surface area contributed by atoms with Gasteiger partial charge >= 0.3 is 6.09 Å². The number of halogens is 2. The summed E-state index contributed by atoms with van der Waals surface area (Å²) >= 11 is 0. The molecule has 3 rings (SSSR count). The third kappa shape index (κ3) is 3.88. The van der Waals surface area contributed by atoms with Crippen molar-refractivity contribution in [3.63, 3.8) is 0 Å². The Kier molecular flexibility index (Phi) is 5.47. The van der Waals surface area contributed by atoms with E-state index < -0.39 is 35.2 Å². The molecule has 2 heterocycles. The van der Waals surface area contributed by atoms with E-state index in [1.165, 1.54) is 30.2 Å². The molecule has 6 nitrogen and oxygen atoms in total. The molecule has 0 radical (unpaired) electrons.